The van der Waals surface area contributed by atoms with Crippen LogP contribution in [0.15, 0.2) is 0 Å². The lowest BCUT2D eigenvalue weighted by atomic mass is 9.72. The molecular weight excluding hydrogens is 420 g/mol. The first-order valence-corrected chi connectivity index (χ1v) is 11.5. The van der Waals surface area contributed by atoms with Crippen LogP contribution in [0, 0.1) is 5.41 Å². The summed E-state index contributed by atoms with van der Waals surface area (Å²) in [5.41, 5.74) is -1.52. The summed E-state index contributed by atoms with van der Waals surface area (Å²) in [4.78, 5) is 50.7. The van der Waals surface area contributed by atoms with Gasteiger partial charge in [0.25, 0.3) is 0 Å². The third-order valence-electron chi connectivity index (χ3n) is 5.61. The molecule has 184 valence electrons. The molecule has 10 nitrogen and oxygen atoms in total. The van der Waals surface area contributed by atoms with Gasteiger partial charge in [0.05, 0.1) is 26.4 Å². The molecule has 2 atom stereocenters. The molecule has 4 N–H and O–H groups in total. The number of rotatable bonds is 14. The Hall–Kier alpha value is -2.20. The molecule has 1 fully saturated rings. The normalized spacial score (nSPS) is 17.0. The van der Waals surface area contributed by atoms with Crippen molar-refractivity contribution in [1.29, 1.82) is 0 Å². The van der Waals surface area contributed by atoms with Crippen molar-refractivity contribution in [3.63, 3.8) is 0 Å². The minimum atomic E-state index is -1.52. The summed E-state index contributed by atoms with van der Waals surface area (Å²) >= 11 is 0. The van der Waals surface area contributed by atoms with Crippen LogP contribution in [-0.2, 0) is 28.7 Å². The molecule has 0 bridgehead atoms. The van der Waals surface area contributed by atoms with Crippen LogP contribution in [0.4, 0.5) is 0 Å². The van der Waals surface area contributed by atoms with Crippen molar-refractivity contribution >= 4 is 23.8 Å². The maximum atomic E-state index is 13.1. The van der Waals surface area contributed by atoms with Crippen LogP contribution in [-0.4, -0.2) is 72.5 Å². The van der Waals surface area contributed by atoms with E-state index in [1.807, 2.05) is 13.8 Å². The Kier molecular flexibility index (Phi) is 12.9. The number of aliphatic hydroxyl groups is 2. The lowest BCUT2D eigenvalue weighted by Crippen LogP contribution is -2.59. The number of esters is 2. The highest BCUT2D eigenvalue weighted by atomic mass is 16.5. The maximum absolute atomic E-state index is 13.1. The number of aliphatic hydroxyl groups excluding tert-OH is 2. The van der Waals surface area contributed by atoms with Crippen LogP contribution in [0.1, 0.15) is 71.6 Å². The van der Waals surface area contributed by atoms with E-state index in [1.165, 1.54) is 0 Å². The van der Waals surface area contributed by atoms with Gasteiger partial charge in [0.15, 0.2) is 12.1 Å². The predicted octanol–water partition coefficient (Wildman–Crippen LogP) is 0.578. The largest absolute Gasteiger partial charge is 0.464 e. The van der Waals surface area contributed by atoms with Crippen molar-refractivity contribution in [3.05, 3.63) is 0 Å². The number of hydrogen-bond acceptors (Lipinski definition) is 8. The molecule has 0 aliphatic heterocycles. The summed E-state index contributed by atoms with van der Waals surface area (Å²) in [7, 11) is 0. The molecule has 0 saturated heterocycles. The number of ether oxygens (including phenoxy) is 2. The van der Waals surface area contributed by atoms with E-state index in [0.29, 0.717) is 25.7 Å². The lowest BCUT2D eigenvalue weighted by molar-refractivity contribution is -0.156. The van der Waals surface area contributed by atoms with Gasteiger partial charge in [-0.1, -0.05) is 46.0 Å². The molecule has 1 rings (SSSR count). The lowest BCUT2D eigenvalue weighted by Gasteiger charge is -2.36. The molecular formula is C22H38N2O8. The van der Waals surface area contributed by atoms with Crippen LogP contribution >= 0.6 is 0 Å². The molecule has 0 spiro atoms. The van der Waals surface area contributed by atoms with E-state index in [4.69, 9.17) is 9.47 Å². The van der Waals surface area contributed by atoms with E-state index in [-0.39, 0.29) is 26.1 Å². The van der Waals surface area contributed by atoms with E-state index >= 15 is 0 Å². The molecule has 10 heteroatoms. The molecule has 0 unspecified atom stereocenters. The van der Waals surface area contributed by atoms with Crippen molar-refractivity contribution in [1.82, 2.24) is 10.6 Å². The Morgan fingerprint density at radius 3 is 1.53 bits per heavy atom. The van der Waals surface area contributed by atoms with Crippen LogP contribution in [0.25, 0.3) is 0 Å². The topological polar surface area (TPSA) is 151 Å². The molecule has 0 aromatic heterocycles. The minimum absolute atomic E-state index is 0.172. The Bertz CT molecular complexity index is 573. The van der Waals surface area contributed by atoms with Crippen molar-refractivity contribution < 1.29 is 38.9 Å². The first kappa shape index (κ1) is 27.8. The van der Waals surface area contributed by atoms with Crippen molar-refractivity contribution in [3.8, 4) is 0 Å². The third kappa shape index (κ3) is 8.05. The standard InChI is InChI=1S/C22H38N2O8/c1-3-5-12-31-18(27)16(14-25)23-20(29)22(10-8-7-9-11-22)21(30)24-17(15-26)19(28)32-13-6-4-2/h16-17,25-26H,3-15H2,1-2H3,(H,23,29)(H,24,30)/t16-,17-/m1/s1. The number of amides is 2. The predicted molar refractivity (Wildman–Crippen MR) is 115 cm³/mol. The summed E-state index contributed by atoms with van der Waals surface area (Å²) in [5.74, 6) is -2.96. The van der Waals surface area contributed by atoms with E-state index in [1.54, 1.807) is 0 Å². The van der Waals surface area contributed by atoms with Gasteiger partial charge < -0.3 is 30.3 Å². The number of carbonyl (C=O) groups excluding carboxylic acids is 4. The molecule has 2 amide bonds. The monoisotopic (exact) mass is 458 g/mol. The molecule has 0 heterocycles. The van der Waals surface area contributed by atoms with E-state index in [9.17, 15) is 29.4 Å². The summed E-state index contributed by atoms with van der Waals surface area (Å²) in [6, 6.07) is -2.59. The second-order valence-electron chi connectivity index (χ2n) is 8.10. The van der Waals surface area contributed by atoms with Crippen LogP contribution < -0.4 is 10.6 Å². The fourth-order valence-electron chi connectivity index (χ4n) is 3.50. The smallest absolute Gasteiger partial charge is 0.331 e. The van der Waals surface area contributed by atoms with E-state index < -0.39 is 54.5 Å². The van der Waals surface area contributed by atoms with Gasteiger partial charge in [0.2, 0.25) is 11.8 Å². The molecule has 0 radical (unpaired) electrons. The first-order chi connectivity index (χ1) is 15.4. The maximum Gasteiger partial charge on any atom is 0.331 e. The summed E-state index contributed by atoms with van der Waals surface area (Å²) in [6.45, 7) is 2.87. The highest BCUT2D eigenvalue weighted by Crippen LogP contribution is 2.37. The van der Waals surface area contributed by atoms with Gasteiger partial charge in [0, 0.05) is 0 Å². The second kappa shape index (κ2) is 14.8. The minimum Gasteiger partial charge on any atom is -0.464 e. The van der Waals surface area contributed by atoms with Crippen molar-refractivity contribution in [2.24, 2.45) is 5.41 Å². The summed E-state index contributed by atoms with van der Waals surface area (Å²) in [5, 5.41) is 24.0. The van der Waals surface area contributed by atoms with E-state index in [2.05, 4.69) is 10.6 Å². The Labute approximate surface area is 189 Å². The van der Waals surface area contributed by atoms with Gasteiger partial charge >= 0.3 is 11.9 Å². The zero-order chi connectivity index (χ0) is 24.0. The van der Waals surface area contributed by atoms with Crippen LogP contribution in [0.2, 0.25) is 0 Å². The molecule has 1 aliphatic carbocycles. The summed E-state index contributed by atoms with van der Waals surface area (Å²) < 4.78 is 10.1. The second-order valence-corrected chi connectivity index (χ2v) is 8.10. The molecule has 32 heavy (non-hydrogen) atoms. The zero-order valence-corrected chi connectivity index (χ0v) is 19.2. The molecule has 0 aromatic carbocycles. The van der Waals surface area contributed by atoms with Gasteiger partial charge in [-0.25, -0.2) is 9.59 Å². The van der Waals surface area contributed by atoms with Crippen LogP contribution in [0.3, 0.4) is 0 Å². The number of hydrogen-bond donors (Lipinski definition) is 4. The SMILES string of the molecule is CCCCOC(=O)[C@@H](CO)NC(=O)C1(C(=O)N[C@H](CO)C(=O)OCCCC)CCCCC1. The Balaban J connectivity index is 2.90. The van der Waals surface area contributed by atoms with E-state index in [0.717, 1.165) is 19.3 Å². The molecule has 1 aliphatic rings. The van der Waals surface area contributed by atoms with Gasteiger partial charge in [0.1, 0.15) is 5.41 Å². The Morgan fingerprint density at radius 1 is 0.781 bits per heavy atom. The first-order valence-electron chi connectivity index (χ1n) is 11.5. The quantitative estimate of drug-likeness (QED) is 0.168. The van der Waals surface area contributed by atoms with Crippen molar-refractivity contribution in [2.75, 3.05) is 26.4 Å². The highest BCUT2D eigenvalue weighted by Gasteiger charge is 2.48. The number of unbranched alkanes of at least 4 members (excludes halogenated alkanes) is 2. The van der Waals surface area contributed by atoms with Crippen LogP contribution in [0.5, 0.6) is 0 Å². The fourth-order valence-corrected chi connectivity index (χ4v) is 3.50. The summed E-state index contributed by atoms with van der Waals surface area (Å²) in [6.07, 6.45) is 5.44. The van der Waals surface area contributed by atoms with Gasteiger partial charge in [-0.2, -0.15) is 0 Å². The molecule has 1 saturated carbocycles. The molecule has 0 aromatic rings. The fraction of sp³-hybridized carbons (Fsp3) is 0.818. The highest BCUT2D eigenvalue weighted by molar-refractivity contribution is 6.07. The average molecular weight is 459 g/mol. The van der Waals surface area contributed by atoms with Crippen molar-refractivity contribution in [2.45, 2.75) is 83.7 Å². The number of nitrogens with one attached hydrogen (secondary N) is 2. The van der Waals surface area contributed by atoms with Gasteiger partial charge in [-0.05, 0) is 25.7 Å². The van der Waals surface area contributed by atoms with Gasteiger partial charge in [-0.15, -0.1) is 0 Å². The van der Waals surface area contributed by atoms with Gasteiger partial charge in [-0.3, -0.25) is 9.59 Å². The number of carbonyl (C=O) groups is 4. The third-order valence-corrected chi connectivity index (χ3v) is 5.61. The zero-order valence-electron chi connectivity index (χ0n) is 19.2. The Morgan fingerprint density at radius 2 is 1.19 bits per heavy atom. The average Bonchev–Trinajstić information content (AvgIpc) is 2.81.